The van der Waals surface area contributed by atoms with Crippen molar-refractivity contribution in [1.29, 1.82) is 0 Å². The zero-order valence-corrected chi connectivity index (χ0v) is 11.8. The molecule has 0 bridgehead atoms. The predicted octanol–water partition coefficient (Wildman–Crippen LogP) is 0.519. The monoisotopic (exact) mass is 283 g/mol. The van der Waals surface area contributed by atoms with E-state index in [1.807, 2.05) is 6.07 Å². The molecule has 0 unspecified atom stereocenters. The summed E-state index contributed by atoms with van der Waals surface area (Å²) in [5, 5.41) is 0. The number of likely N-dealkylation sites (tertiary alicyclic amines) is 1. The molecule has 0 spiro atoms. The highest BCUT2D eigenvalue weighted by Gasteiger charge is 2.15. The van der Waals surface area contributed by atoms with E-state index >= 15 is 0 Å². The SMILES string of the molecule is NCc1cccc(S(=O)(=O)NCCN2CCCC2)c1. The minimum absolute atomic E-state index is 0.289. The molecule has 5 nitrogen and oxygen atoms in total. The number of sulfonamides is 1. The van der Waals surface area contributed by atoms with Crippen LogP contribution in [0.15, 0.2) is 29.2 Å². The summed E-state index contributed by atoms with van der Waals surface area (Å²) in [5.41, 5.74) is 6.34. The largest absolute Gasteiger partial charge is 0.326 e. The van der Waals surface area contributed by atoms with Gasteiger partial charge in [0.05, 0.1) is 4.90 Å². The smallest absolute Gasteiger partial charge is 0.240 e. The lowest BCUT2D eigenvalue weighted by Crippen LogP contribution is -2.33. The van der Waals surface area contributed by atoms with Crippen molar-refractivity contribution < 1.29 is 8.42 Å². The fourth-order valence-electron chi connectivity index (χ4n) is 2.27. The Morgan fingerprint density at radius 3 is 2.68 bits per heavy atom. The van der Waals surface area contributed by atoms with Crippen molar-refractivity contribution >= 4 is 10.0 Å². The highest BCUT2D eigenvalue weighted by molar-refractivity contribution is 7.89. The van der Waals surface area contributed by atoms with Gasteiger partial charge in [-0.15, -0.1) is 0 Å². The molecule has 3 N–H and O–H groups in total. The molecule has 0 aromatic heterocycles. The number of nitrogens with two attached hydrogens (primary N) is 1. The molecule has 0 aliphatic carbocycles. The third-order valence-electron chi connectivity index (χ3n) is 3.36. The van der Waals surface area contributed by atoms with Gasteiger partial charge in [0, 0.05) is 19.6 Å². The van der Waals surface area contributed by atoms with Crippen molar-refractivity contribution in [3.05, 3.63) is 29.8 Å². The predicted molar refractivity (Wildman–Crippen MR) is 75.2 cm³/mol. The second kappa shape index (κ2) is 6.47. The number of hydrogen-bond donors (Lipinski definition) is 2. The van der Waals surface area contributed by atoms with Gasteiger partial charge in [0.2, 0.25) is 10.0 Å². The molecule has 1 fully saturated rings. The molecule has 2 rings (SSSR count). The van der Waals surface area contributed by atoms with Crippen molar-refractivity contribution in [3.8, 4) is 0 Å². The van der Waals surface area contributed by atoms with Crippen LogP contribution in [0.2, 0.25) is 0 Å². The number of rotatable bonds is 6. The molecule has 106 valence electrons. The van der Waals surface area contributed by atoms with E-state index in [2.05, 4.69) is 9.62 Å². The summed E-state index contributed by atoms with van der Waals surface area (Å²) < 4.78 is 26.9. The zero-order chi connectivity index (χ0) is 13.7. The van der Waals surface area contributed by atoms with Crippen LogP contribution in [-0.4, -0.2) is 39.5 Å². The van der Waals surface area contributed by atoms with Gasteiger partial charge in [-0.1, -0.05) is 12.1 Å². The van der Waals surface area contributed by atoms with E-state index in [1.54, 1.807) is 18.2 Å². The molecule has 1 aromatic rings. The summed E-state index contributed by atoms with van der Waals surface area (Å²) in [6.07, 6.45) is 2.43. The van der Waals surface area contributed by atoms with Gasteiger partial charge in [0.1, 0.15) is 0 Å². The fraction of sp³-hybridized carbons (Fsp3) is 0.538. The summed E-state index contributed by atoms with van der Waals surface area (Å²) in [6.45, 7) is 3.72. The Hall–Kier alpha value is -0.950. The maximum absolute atomic E-state index is 12.1. The number of hydrogen-bond acceptors (Lipinski definition) is 4. The van der Waals surface area contributed by atoms with Crippen molar-refractivity contribution in [2.75, 3.05) is 26.2 Å². The molecule has 19 heavy (non-hydrogen) atoms. The van der Waals surface area contributed by atoms with Crippen molar-refractivity contribution in [2.24, 2.45) is 5.73 Å². The molecule has 1 heterocycles. The quantitative estimate of drug-likeness (QED) is 0.798. The molecule has 0 radical (unpaired) electrons. The normalized spacial score (nSPS) is 16.9. The first kappa shape index (κ1) is 14.5. The first-order chi connectivity index (χ1) is 9.12. The molecule has 0 atom stereocenters. The van der Waals surface area contributed by atoms with E-state index in [4.69, 9.17) is 5.73 Å². The Bertz CT molecular complexity index is 510. The van der Waals surface area contributed by atoms with E-state index < -0.39 is 10.0 Å². The van der Waals surface area contributed by atoms with Crippen LogP contribution in [0, 0.1) is 0 Å². The summed E-state index contributed by atoms with van der Waals surface area (Å²) in [6, 6.07) is 6.76. The lowest BCUT2D eigenvalue weighted by atomic mass is 10.2. The number of benzene rings is 1. The van der Waals surface area contributed by atoms with E-state index in [1.165, 1.54) is 12.8 Å². The molecular weight excluding hydrogens is 262 g/mol. The molecule has 1 saturated heterocycles. The zero-order valence-electron chi connectivity index (χ0n) is 11.0. The van der Waals surface area contributed by atoms with E-state index in [-0.39, 0.29) is 4.90 Å². The Balaban J connectivity index is 1.93. The van der Waals surface area contributed by atoms with Crippen LogP contribution in [0.25, 0.3) is 0 Å². The average molecular weight is 283 g/mol. The van der Waals surface area contributed by atoms with Gasteiger partial charge < -0.3 is 10.6 Å². The summed E-state index contributed by atoms with van der Waals surface area (Å²) >= 11 is 0. The van der Waals surface area contributed by atoms with Crippen LogP contribution in [0.3, 0.4) is 0 Å². The summed E-state index contributed by atoms with van der Waals surface area (Å²) in [7, 11) is -3.42. The van der Waals surface area contributed by atoms with Gasteiger partial charge in [-0.05, 0) is 43.6 Å². The maximum atomic E-state index is 12.1. The third kappa shape index (κ3) is 4.01. The highest BCUT2D eigenvalue weighted by atomic mass is 32.2. The van der Waals surface area contributed by atoms with Crippen LogP contribution in [0.1, 0.15) is 18.4 Å². The molecule has 6 heteroatoms. The van der Waals surface area contributed by atoms with Gasteiger partial charge >= 0.3 is 0 Å². The fourth-order valence-corrected chi connectivity index (χ4v) is 3.36. The molecule has 1 aliphatic rings. The standard InChI is InChI=1S/C13H21N3O2S/c14-11-12-4-3-5-13(10-12)19(17,18)15-6-9-16-7-1-2-8-16/h3-5,10,15H,1-2,6-9,11,14H2. The van der Waals surface area contributed by atoms with Crippen molar-refractivity contribution in [1.82, 2.24) is 9.62 Å². The number of nitrogens with one attached hydrogen (secondary N) is 1. The molecule has 1 aromatic carbocycles. The van der Waals surface area contributed by atoms with E-state index in [9.17, 15) is 8.42 Å². The molecule has 0 saturated carbocycles. The topological polar surface area (TPSA) is 75.4 Å². The third-order valence-corrected chi connectivity index (χ3v) is 4.82. The Labute approximate surface area is 114 Å². The summed E-state index contributed by atoms with van der Waals surface area (Å²) in [4.78, 5) is 2.57. The lowest BCUT2D eigenvalue weighted by molar-refractivity contribution is 0.344. The summed E-state index contributed by atoms with van der Waals surface area (Å²) in [5.74, 6) is 0. The lowest BCUT2D eigenvalue weighted by Gasteiger charge is -2.15. The van der Waals surface area contributed by atoms with Gasteiger partial charge in [-0.2, -0.15) is 0 Å². The Kier molecular flexibility index (Phi) is 4.93. The van der Waals surface area contributed by atoms with Crippen molar-refractivity contribution in [3.63, 3.8) is 0 Å². The van der Waals surface area contributed by atoms with Gasteiger partial charge in [0.15, 0.2) is 0 Å². The van der Waals surface area contributed by atoms with Gasteiger partial charge in [0.25, 0.3) is 0 Å². The molecular formula is C13H21N3O2S. The Morgan fingerprint density at radius 1 is 1.26 bits per heavy atom. The first-order valence-corrected chi connectivity index (χ1v) is 8.11. The van der Waals surface area contributed by atoms with Crippen molar-refractivity contribution in [2.45, 2.75) is 24.3 Å². The van der Waals surface area contributed by atoms with Gasteiger partial charge in [-0.25, -0.2) is 13.1 Å². The molecule has 0 amide bonds. The van der Waals surface area contributed by atoms with Crippen LogP contribution in [0.4, 0.5) is 0 Å². The molecule has 1 aliphatic heterocycles. The van der Waals surface area contributed by atoms with Crippen LogP contribution >= 0.6 is 0 Å². The first-order valence-electron chi connectivity index (χ1n) is 6.63. The Morgan fingerprint density at radius 2 is 2.00 bits per heavy atom. The number of nitrogens with zero attached hydrogens (tertiary/aromatic N) is 1. The highest BCUT2D eigenvalue weighted by Crippen LogP contribution is 2.11. The average Bonchev–Trinajstić information content (AvgIpc) is 2.92. The van der Waals surface area contributed by atoms with Crippen LogP contribution in [-0.2, 0) is 16.6 Å². The second-order valence-corrected chi connectivity index (χ2v) is 6.57. The minimum atomic E-state index is -3.42. The van der Waals surface area contributed by atoms with Crippen LogP contribution < -0.4 is 10.5 Å². The minimum Gasteiger partial charge on any atom is -0.326 e. The van der Waals surface area contributed by atoms with E-state index in [0.717, 1.165) is 25.2 Å². The second-order valence-electron chi connectivity index (χ2n) is 4.80. The maximum Gasteiger partial charge on any atom is 0.240 e. The van der Waals surface area contributed by atoms with Gasteiger partial charge in [-0.3, -0.25) is 0 Å². The van der Waals surface area contributed by atoms with Crippen LogP contribution in [0.5, 0.6) is 0 Å². The van der Waals surface area contributed by atoms with E-state index in [0.29, 0.717) is 13.1 Å².